The summed E-state index contributed by atoms with van der Waals surface area (Å²) in [7, 11) is 0. The number of carbonyl (C=O) groups excluding carboxylic acids is 3. The van der Waals surface area contributed by atoms with E-state index in [1.165, 1.54) is 19.1 Å². The third-order valence-corrected chi connectivity index (χ3v) is 4.10. The lowest BCUT2D eigenvalue weighted by atomic mass is 10.1. The standard InChI is InChI=1S/C19H19Cl2NO7/c1-4-26-18(24)15-10(3)29-17(16(15)19(25)27-5-2)22-14(23)9-28-13-8-11(20)6-7-12(13)21/h6-8H,4-5,9H2,1-3H3,(H,22,23). The Labute approximate surface area is 177 Å². The van der Waals surface area contributed by atoms with Gasteiger partial charge < -0.3 is 18.6 Å². The number of carbonyl (C=O) groups is 3. The maximum atomic E-state index is 12.3. The third kappa shape index (κ3) is 5.65. The van der Waals surface area contributed by atoms with Crippen molar-refractivity contribution in [1.82, 2.24) is 0 Å². The molecule has 2 aromatic rings. The zero-order valence-corrected chi connectivity index (χ0v) is 17.5. The summed E-state index contributed by atoms with van der Waals surface area (Å²) < 4.78 is 20.7. The Hall–Kier alpha value is -2.71. The number of aryl methyl sites for hydroxylation is 1. The minimum Gasteiger partial charge on any atom is -0.482 e. The summed E-state index contributed by atoms with van der Waals surface area (Å²) >= 11 is 11.9. The fraction of sp³-hybridized carbons (Fsp3) is 0.316. The van der Waals surface area contributed by atoms with Crippen LogP contribution in [0.15, 0.2) is 22.6 Å². The van der Waals surface area contributed by atoms with Crippen LogP contribution in [0.5, 0.6) is 5.75 Å². The average molecular weight is 444 g/mol. The highest BCUT2D eigenvalue weighted by Crippen LogP contribution is 2.30. The summed E-state index contributed by atoms with van der Waals surface area (Å²) in [5.74, 6) is -2.19. The molecule has 1 amide bonds. The Morgan fingerprint density at radius 1 is 1.03 bits per heavy atom. The van der Waals surface area contributed by atoms with Crippen LogP contribution in [0.4, 0.5) is 5.88 Å². The van der Waals surface area contributed by atoms with E-state index in [4.69, 9.17) is 41.8 Å². The minimum atomic E-state index is -0.832. The van der Waals surface area contributed by atoms with Crippen LogP contribution in [0.3, 0.4) is 0 Å². The fourth-order valence-corrected chi connectivity index (χ4v) is 2.71. The molecule has 0 fully saturated rings. The van der Waals surface area contributed by atoms with Gasteiger partial charge in [-0.3, -0.25) is 10.1 Å². The Bertz CT molecular complexity index is 924. The van der Waals surface area contributed by atoms with Crippen molar-refractivity contribution >= 4 is 46.9 Å². The van der Waals surface area contributed by atoms with E-state index in [0.717, 1.165) is 0 Å². The molecule has 0 aliphatic carbocycles. The topological polar surface area (TPSA) is 104 Å². The number of nitrogens with one attached hydrogen (secondary N) is 1. The monoisotopic (exact) mass is 443 g/mol. The first-order valence-corrected chi connectivity index (χ1v) is 9.39. The van der Waals surface area contributed by atoms with E-state index >= 15 is 0 Å². The number of ether oxygens (including phenoxy) is 3. The van der Waals surface area contributed by atoms with Crippen LogP contribution in [-0.2, 0) is 14.3 Å². The number of benzene rings is 1. The maximum Gasteiger partial charge on any atom is 0.344 e. The van der Waals surface area contributed by atoms with Crippen LogP contribution in [0.2, 0.25) is 10.0 Å². The number of furan rings is 1. The van der Waals surface area contributed by atoms with Crippen molar-refractivity contribution < 1.29 is 33.0 Å². The normalized spacial score (nSPS) is 10.4. The van der Waals surface area contributed by atoms with Gasteiger partial charge in [0.15, 0.2) is 6.61 Å². The van der Waals surface area contributed by atoms with Crippen LogP contribution in [0.1, 0.15) is 40.3 Å². The van der Waals surface area contributed by atoms with Crippen molar-refractivity contribution in [3.05, 3.63) is 45.1 Å². The molecule has 0 radical (unpaired) electrons. The summed E-state index contributed by atoms with van der Waals surface area (Å²) in [4.78, 5) is 36.9. The number of hydrogen-bond acceptors (Lipinski definition) is 7. The lowest BCUT2D eigenvalue weighted by Crippen LogP contribution is -2.22. The first kappa shape index (κ1) is 22.6. The molecule has 29 heavy (non-hydrogen) atoms. The van der Waals surface area contributed by atoms with E-state index in [0.29, 0.717) is 5.02 Å². The van der Waals surface area contributed by atoms with Crippen LogP contribution < -0.4 is 10.1 Å². The van der Waals surface area contributed by atoms with Gasteiger partial charge in [-0.2, -0.15) is 0 Å². The van der Waals surface area contributed by atoms with E-state index in [2.05, 4.69) is 5.32 Å². The molecule has 2 rings (SSSR count). The average Bonchev–Trinajstić information content (AvgIpc) is 2.98. The maximum absolute atomic E-state index is 12.3. The molecule has 0 saturated carbocycles. The first-order chi connectivity index (χ1) is 13.8. The highest BCUT2D eigenvalue weighted by molar-refractivity contribution is 6.34. The van der Waals surface area contributed by atoms with Crippen molar-refractivity contribution in [2.45, 2.75) is 20.8 Å². The summed E-state index contributed by atoms with van der Waals surface area (Å²) in [6.45, 7) is 4.41. The molecular formula is C19H19Cl2NO7. The molecule has 0 spiro atoms. The van der Waals surface area contributed by atoms with Gasteiger partial charge in [-0.25, -0.2) is 9.59 Å². The quantitative estimate of drug-likeness (QED) is 0.607. The van der Waals surface area contributed by atoms with Crippen molar-refractivity contribution in [2.24, 2.45) is 0 Å². The van der Waals surface area contributed by atoms with Crippen molar-refractivity contribution in [1.29, 1.82) is 0 Å². The molecule has 0 aliphatic heterocycles. The van der Waals surface area contributed by atoms with E-state index < -0.39 is 24.5 Å². The lowest BCUT2D eigenvalue weighted by molar-refractivity contribution is -0.118. The third-order valence-electron chi connectivity index (χ3n) is 3.55. The highest BCUT2D eigenvalue weighted by Gasteiger charge is 2.31. The molecule has 0 unspecified atom stereocenters. The van der Waals surface area contributed by atoms with Crippen LogP contribution in [-0.4, -0.2) is 37.7 Å². The van der Waals surface area contributed by atoms with E-state index in [1.807, 2.05) is 0 Å². The Morgan fingerprint density at radius 3 is 2.28 bits per heavy atom. The second kappa shape index (κ2) is 10.2. The lowest BCUT2D eigenvalue weighted by Gasteiger charge is -2.09. The number of amides is 1. The van der Waals surface area contributed by atoms with Gasteiger partial charge >= 0.3 is 11.9 Å². The molecular weight excluding hydrogens is 425 g/mol. The molecule has 0 aliphatic rings. The first-order valence-electron chi connectivity index (χ1n) is 8.63. The number of anilines is 1. The van der Waals surface area contributed by atoms with Crippen LogP contribution in [0.25, 0.3) is 0 Å². The molecule has 8 nitrogen and oxygen atoms in total. The van der Waals surface area contributed by atoms with Crippen molar-refractivity contribution in [3.8, 4) is 5.75 Å². The van der Waals surface area contributed by atoms with Gasteiger partial charge in [0.1, 0.15) is 22.6 Å². The zero-order chi connectivity index (χ0) is 21.6. The van der Waals surface area contributed by atoms with Crippen LogP contribution in [0, 0.1) is 6.92 Å². The molecule has 1 aromatic heterocycles. The fourth-order valence-electron chi connectivity index (χ4n) is 2.37. The SMILES string of the molecule is CCOC(=O)c1c(C)oc(NC(=O)COc2cc(Cl)ccc2Cl)c1C(=O)OCC. The van der Waals surface area contributed by atoms with E-state index in [1.54, 1.807) is 19.9 Å². The van der Waals surface area contributed by atoms with E-state index in [-0.39, 0.29) is 46.8 Å². The molecule has 156 valence electrons. The largest absolute Gasteiger partial charge is 0.482 e. The summed E-state index contributed by atoms with van der Waals surface area (Å²) in [5, 5.41) is 3.05. The predicted molar refractivity (Wildman–Crippen MR) is 106 cm³/mol. The predicted octanol–water partition coefficient (Wildman–Crippen LogP) is 4.27. The molecule has 10 heteroatoms. The van der Waals surface area contributed by atoms with Gasteiger partial charge in [0.25, 0.3) is 5.91 Å². The summed E-state index contributed by atoms with van der Waals surface area (Å²) in [6, 6.07) is 4.56. The van der Waals surface area contributed by atoms with Gasteiger partial charge in [0.2, 0.25) is 5.88 Å². The van der Waals surface area contributed by atoms with Gasteiger partial charge in [0, 0.05) is 11.1 Å². The molecule has 0 saturated heterocycles. The Kier molecular flexibility index (Phi) is 7.92. The second-order valence-corrected chi connectivity index (χ2v) is 6.43. The summed E-state index contributed by atoms with van der Waals surface area (Å²) in [6.07, 6.45) is 0. The molecule has 0 atom stereocenters. The summed E-state index contributed by atoms with van der Waals surface area (Å²) in [5.41, 5.74) is -0.337. The molecule has 1 heterocycles. The minimum absolute atomic E-state index is 0.0646. The molecule has 1 N–H and O–H groups in total. The van der Waals surface area contributed by atoms with Crippen molar-refractivity contribution in [2.75, 3.05) is 25.1 Å². The second-order valence-electron chi connectivity index (χ2n) is 5.59. The number of halogens is 2. The van der Waals surface area contributed by atoms with Gasteiger partial charge in [0.05, 0.1) is 18.2 Å². The zero-order valence-electron chi connectivity index (χ0n) is 16.0. The van der Waals surface area contributed by atoms with Gasteiger partial charge in [-0.15, -0.1) is 0 Å². The molecule has 0 bridgehead atoms. The van der Waals surface area contributed by atoms with Gasteiger partial charge in [-0.1, -0.05) is 23.2 Å². The van der Waals surface area contributed by atoms with E-state index in [9.17, 15) is 14.4 Å². The smallest absolute Gasteiger partial charge is 0.344 e. The Balaban J connectivity index is 2.23. The van der Waals surface area contributed by atoms with Gasteiger partial charge in [-0.05, 0) is 32.9 Å². The highest BCUT2D eigenvalue weighted by atomic mass is 35.5. The number of hydrogen-bond donors (Lipinski definition) is 1. The number of rotatable bonds is 8. The van der Waals surface area contributed by atoms with Crippen molar-refractivity contribution in [3.63, 3.8) is 0 Å². The van der Waals surface area contributed by atoms with Crippen LogP contribution >= 0.6 is 23.2 Å². The Morgan fingerprint density at radius 2 is 1.66 bits per heavy atom. The number of esters is 2. The molecule has 1 aromatic carbocycles.